The van der Waals surface area contributed by atoms with Crippen LogP contribution >= 0.6 is 0 Å². The highest BCUT2D eigenvalue weighted by Crippen LogP contribution is 2.38. The van der Waals surface area contributed by atoms with Gasteiger partial charge in [0.15, 0.2) is 11.3 Å². The monoisotopic (exact) mass is 490 g/mol. The molecule has 0 aliphatic carbocycles. The Balaban J connectivity index is 1.73. The smallest absolute Gasteiger partial charge is 0.325 e. The summed E-state index contributed by atoms with van der Waals surface area (Å²) in [4.78, 5) is 41.2. The summed E-state index contributed by atoms with van der Waals surface area (Å²) in [5.41, 5.74) is -0.280. The number of ketones is 1. The molecule has 3 amide bonds. The molecule has 1 fully saturated rings. The number of urea groups is 1. The van der Waals surface area contributed by atoms with E-state index >= 15 is 0 Å². The Morgan fingerprint density at radius 1 is 0.750 bits per heavy atom. The Labute approximate surface area is 208 Å². The zero-order chi connectivity index (χ0) is 25.9. The number of hydrogen-bond donors (Lipinski definition) is 1. The number of nitrogens with one attached hydrogen (secondary N) is 1. The molecule has 1 saturated heterocycles. The molecule has 186 valence electrons. The molecule has 0 radical (unpaired) electrons. The van der Waals surface area contributed by atoms with Crippen molar-refractivity contribution >= 4 is 17.7 Å². The molecule has 0 saturated carbocycles. The lowest BCUT2D eigenvalue weighted by Gasteiger charge is -2.28. The molecule has 0 spiro atoms. The number of carbonyl (C=O) groups excluding carboxylic acids is 3. The highest BCUT2D eigenvalue weighted by Gasteiger charge is 2.54. The van der Waals surface area contributed by atoms with Gasteiger partial charge in [0.25, 0.3) is 5.91 Å². The molecule has 1 N–H and O–H groups in total. The van der Waals surface area contributed by atoms with Crippen molar-refractivity contribution in [3.8, 4) is 23.0 Å². The SMILES string of the molecule is COc1ccc(C2(c3ccc(OC)cc3)NC(=O)N(CC(=O)c3ccc(OC)cc3OC)C2=O)cc1. The van der Waals surface area contributed by atoms with Gasteiger partial charge in [-0.2, -0.15) is 0 Å². The second-order valence-corrected chi connectivity index (χ2v) is 8.02. The highest BCUT2D eigenvalue weighted by atomic mass is 16.5. The lowest BCUT2D eigenvalue weighted by Crippen LogP contribution is -2.45. The van der Waals surface area contributed by atoms with Crippen LogP contribution in [-0.2, 0) is 10.3 Å². The first-order valence-corrected chi connectivity index (χ1v) is 11.1. The van der Waals surface area contributed by atoms with E-state index < -0.39 is 29.8 Å². The quantitative estimate of drug-likeness (QED) is 0.362. The second-order valence-electron chi connectivity index (χ2n) is 8.02. The van der Waals surface area contributed by atoms with Crippen LogP contribution in [0.3, 0.4) is 0 Å². The number of imide groups is 1. The first-order chi connectivity index (χ1) is 17.4. The Morgan fingerprint density at radius 3 is 1.72 bits per heavy atom. The molecular weight excluding hydrogens is 464 g/mol. The van der Waals surface area contributed by atoms with Crippen LogP contribution in [0.2, 0.25) is 0 Å². The first-order valence-electron chi connectivity index (χ1n) is 11.1. The molecule has 36 heavy (non-hydrogen) atoms. The Kier molecular flexibility index (Phi) is 6.82. The summed E-state index contributed by atoms with van der Waals surface area (Å²) in [6.07, 6.45) is 0. The number of amides is 3. The molecular formula is C27H26N2O7. The maximum atomic E-state index is 13.9. The maximum absolute atomic E-state index is 13.9. The van der Waals surface area contributed by atoms with Crippen LogP contribution < -0.4 is 24.3 Å². The topological polar surface area (TPSA) is 103 Å². The van der Waals surface area contributed by atoms with Crippen molar-refractivity contribution in [1.82, 2.24) is 10.2 Å². The zero-order valence-corrected chi connectivity index (χ0v) is 20.4. The fraction of sp³-hybridized carbons (Fsp3) is 0.222. The fourth-order valence-corrected chi connectivity index (χ4v) is 4.22. The molecule has 9 nitrogen and oxygen atoms in total. The molecule has 4 rings (SSSR count). The van der Waals surface area contributed by atoms with Crippen LogP contribution in [0, 0.1) is 0 Å². The van der Waals surface area contributed by atoms with E-state index in [-0.39, 0.29) is 11.3 Å². The zero-order valence-electron chi connectivity index (χ0n) is 20.4. The van der Waals surface area contributed by atoms with Gasteiger partial charge in [-0.15, -0.1) is 0 Å². The first kappa shape index (κ1) is 24.6. The van der Waals surface area contributed by atoms with E-state index in [0.29, 0.717) is 28.4 Å². The van der Waals surface area contributed by atoms with Crippen LogP contribution in [0.5, 0.6) is 23.0 Å². The van der Waals surface area contributed by atoms with Gasteiger partial charge in [0, 0.05) is 6.07 Å². The van der Waals surface area contributed by atoms with Gasteiger partial charge in [0.2, 0.25) is 0 Å². The van der Waals surface area contributed by atoms with Gasteiger partial charge >= 0.3 is 6.03 Å². The minimum absolute atomic E-state index is 0.227. The minimum Gasteiger partial charge on any atom is -0.497 e. The van der Waals surface area contributed by atoms with E-state index in [4.69, 9.17) is 18.9 Å². The molecule has 0 aromatic heterocycles. The number of rotatable bonds is 9. The van der Waals surface area contributed by atoms with Gasteiger partial charge in [0.05, 0.1) is 40.5 Å². The van der Waals surface area contributed by atoms with E-state index in [0.717, 1.165) is 4.90 Å². The standard InChI is InChI=1S/C27H26N2O7/c1-33-19-9-5-17(6-10-19)27(18-7-11-20(34-2)12-8-18)25(31)29(26(32)28-27)16-23(30)22-14-13-21(35-3)15-24(22)36-4/h5-15H,16H2,1-4H3,(H,28,32). The average molecular weight is 491 g/mol. The van der Waals surface area contributed by atoms with Crippen molar-refractivity contribution in [2.75, 3.05) is 35.0 Å². The van der Waals surface area contributed by atoms with E-state index in [9.17, 15) is 14.4 Å². The average Bonchev–Trinajstić information content (AvgIpc) is 3.18. The summed E-state index contributed by atoms with van der Waals surface area (Å²) in [6, 6.07) is 17.7. The van der Waals surface area contributed by atoms with Gasteiger partial charge < -0.3 is 24.3 Å². The van der Waals surface area contributed by atoms with Gasteiger partial charge in [-0.05, 0) is 47.5 Å². The molecule has 1 aliphatic rings. The van der Waals surface area contributed by atoms with Crippen LogP contribution in [0.1, 0.15) is 21.5 Å². The number of Topliss-reactive ketones (excluding diaryl/α,β-unsaturated/α-hetero) is 1. The van der Waals surface area contributed by atoms with E-state index in [2.05, 4.69) is 5.32 Å². The van der Waals surface area contributed by atoms with Crippen LogP contribution in [-0.4, -0.2) is 57.6 Å². The summed E-state index contributed by atoms with van der Waals surface area (Å²) in [6.45, 7) is -0.471. The molecule has 3 aromatic carbocycles. The summed E-state index contributed by atoms with van der Waals surface area (Å²) in [5, 5.41) is 2.83. The molecule has 0 bridgehead atoms. The fourth-order valence-electron chi connectivity index (χ4n) is 4.22. The lowest BCUT2D eigenvalue weighted by atomic mass is 9.82. The summed E-state index contributed by atoms with van der Waals surface area (Å²) in [5.74, 6) is 0.944. The number of methoxy groups -OCH3 is 4. The maximum Gasteiger partial charge on any atom is 0.325 e. The highest BCUT2D eigenvalue weighted by molar-refractivity contribution is 6.13. The molecule has 9 heteroatoms. The number of nitrogens with zero attached hydrogens (tertiary/aromatic N) is 1. The number of hydrogen-bond acceptors (Lipinski definition) is 7. The van der Waals surface area contributed by atoms with Gasteiger partial charge in [0.1, 0.15) is 23.0 Å². The van der Waals surface area contributed by atoms with E-state index in [1.54, 1.807) is 66.7 Å². The third-order valence-electron chi connectivity index (χ3n) is 6.16. The Hall–Kier alpha value is -4.53. The molecule has 1 heterocycles. The normalized spacial score (nSPS) is 14.3. The number of ether oxygens (including phenoxy) is 4. The summed E-state index contributed by atoms with van der Waals surface area (Å²) < 4.78 is 21.0. The minimum atomic E-state index is -1.54. The van der Waals surface area contributed by atoms with Crippen LogP contribution in [0.15, 0.2) is 66.7 Å². The summed E-state index contributed by atoms with van der Waals surface area (Å²) in [7, 11) is 6.01. The summed E-state index contributed by atoms with van der Waals surface area (Å²) >= 11 is 0. The Morgan fingerprint density at radius 2 is 1.25 bits per heavy atom. The third-order valence-corrected chi connectivity index (χ3v) is 6.16. The predicted molar refractivity (Wildman–Crippen MR) is 131 cm³/mol. The molecule has 1 aliphatic heterocycles. The molecule has 0 unspecified atom stereocenters. The van der Waals surface area contributed by atoms with Crippen molar-refractivity contribution in [3.63, 3.8) is 0 Å². The van der Waals surface area contributed by atoms with Crippen molar-refractivity contribution < 1.29 is 33.3 Å². The van der Waals surface area contributed by atoms with Crippen LogP contribution in [0.4, 0.5) is 4.79 Å². The van der Waals surface area contributed by atoms with Crippen molar-refractivity contribution in [2.24, 2.45) is 0 Å². The van der Waals surface area contributed by atoms with E-state index in [1.165, 1.54) is 28.4 Å². The largest absolute Gasteiger partial charge is 0.497 e. The van der Waals surface area contributed by atoms with Gasteiger partial charge in [-0.25, -0.2) is 4.79 Å². The van der Waals surface area contributed by atoms with Crippen LogP contribution in [0.25, 0.3) is 0 Å². The third kappa shape index (κ3) is 4.19. The van der Waals surface area contributed by atoms with Crippen molar-refractivity contribution in [3.05, 3.63) is 83.4 Å². The predicted octanol–water partition coefficient (Wildman–Crippen LogP) is 3.40. The van der Waals surface area contributed by atoms with Gasteiger partial charge in [-0.3, -0.25) is 14.5 Å². The molecule has 3 aromatic rings. The Bertz CT molecular complexity index is 1240. The van der Waals surface area contributed by atoms with Crippen molar-refractivity contribution in [1.29, 1.82) is 0 Å². The number of carbonyl (C=O) groups is 3. The number of benzene rings is 3. The van der Waals surface area contributed by atoms with Crippen molar-refractivity contribution in [2.45, 2.75) is 5.54 Å². The van der Waals surface area contributed by atoms with E-state index in [1.807, 2.05) is 0 Å². The lowest BCUT2D eigenvalue weighted by molar-refractivity contribution is -0.129. The second kappa shape index (κ2) is 9.99. The van der Waals surface area contributed by atoms with Gasteiger partial charge in [-0.1, -0.05) is 24.3 Å². The molecule has 0 atom stereocenters.